The van der Waals surface area contributed by atoms with Gasteiger partial charge in [-0.2, -0.15) is 0 Å². The number of carbonyl (C=O) groups is 1. The Balaban J connectivity index is 2.24. The summed E-state index contributed by atoms with van der Waals surface area (Å²) in [6.07, 6.45) is 1.09. The number of hydrogen-bond donors (Lipinski definition) is 8. The summed E-state index contributed by atoms with van der Waals surface area (Å²) in [6.45, 7) is 11.3. The Morgan fingerprint density at radius 1 is 0.721 bits per heavy atom. The smallest absolute Gasteiger partial charge is 0.328 e. The molecule has 4 aromatic rings. The van der Waals surface area contributed by atoms with Crippen molar-refractivity contribution >= 4 is 33.7 Å². The molecule has 1 atom stereocenters. The van der Waals surface area contributed by atoms with Gasteiger partial charge in [0.2, 0.25) is 0 Å². The summed E-state index contributed by atoms with van der Waals surface area (Å²) in [5, 5.41) is 87.7. The Hall–Kier alpha value is -4.70. The molecule has 0 saturated carbocycles. The van der Waals surface area contributed by atoms with Gasteiger partial charge in [0.15, 0.2) is 23.0 Å². The number of aliphatic carboxylic acids is 1. The molecule has 0 aliphatic carbocycles. The molecule has 0 aromatic heterocycles. The van der Waals surface area contributed by atoms with Gasteiger partial charge >= 0.3 is 5.97 Å². The summed E-state index contributed by atoms with van der Waals surface area (Å²) >= 11 is 0. The van der Waals surface area contributed by atoms with Gasteiger partial charge in [0, 0.05) is 50.4 Å². The number of fused-ring (bicyclic) bond motifs is 2. The predicted molar refractivity (Wildman–Crippen MR) is 165 cm³/mol. The number of hydrogen-bond acceptors (Lipinski definition) is 9. The maximum absolute atomic E-state index is 11.9. The first-order chi connectivity index (χ1) is 20.1. The number of nitrogens with zero attached hydrogens (tertiary/aromatic N) is 1. The third-order valence-corrected chi connectivity index (χ3v) is 7.99. The minimum atomic E-state index is -1.21. The Morgan fingerprint density at radius 3 is 1.60 bits per heavy atom. The van der Waals surface area contributed by atoms with E-state index in [1.807, 2.05) is 13.8 Å². The second kappa shape index (κ2) is 11.2. The average Bonchev–Trinajstić information content (AvgIpc) is 2.91. The van der Waals surface area contributed by atoms with Gasteiger partial charge in [-0.1, -0.05) is 39.8 Å². The van der Waals surface area contributed by atoms with Crippen LogP contribution in [0.4, 0.5) is 0 Å². The van der Waals surface area contributed by atoms with Gasteiger partial charge in [-0.15, -0.1) is 0 Å². The van der Waals surface area contributed by atoms with E-state index in [0.29, 0.717) is 33.0 Å². The van der Waals surface area contributed by atoms with E-state index in [1.54, 1.807) is 39.8 Å². The number of aromatic hydroxyl groups is 6. The van der Waals surface area contributed by atoms with E-state index >= 15 is 0 Å². The van der Waals surface area contributed by atoms with Crippen LogP contribution in [0.15, 0.2) is 17.1 Å². The molecular formula is C33H37NO9. The third-order valence-electron chi connectivity index (χ3n) is 7.99. The molecule has 0 spiro atoms. The zero-order valence-corrected chi connectivity index (χ0v) is 25.1. The van der Waals surface area contributed by atoms with Gasteiger partial charge in [-0.25, -0.2) is 4.79 Å². The lowest BCUT2D eigenvalue weighted by Gasteiger charge is -2.24. The first kappa shape index (κ1) is 31.2. The van der Waals surface area contributed by atoms with Crippen molar-refractivity contribution in [3.63, 3.8) is 0 Å². The summed E-state index contributed by atoms with van der Waals surface area (Å²) in [5.74, 6) is -4.45. The highest BCUT2D eigenvalue weighted by Crippen LogP contribution is 2.54. The van der Waals surface area contributed by atoms with Gasteiger partial charge in [-0.05, 0) is 54.5 Å². The molecular weight excluding hydrogens is 554 g/mol. The van der Waals surface area contributed by atoms with E-state index in [4.69, 9.17) is 0 Å². The predicted octanol–water partition coefficient (Wildman–Crippen LogP) is 6.14. The molecule has 0 amide bonds. The van der Waals surface area contributed by atoms with Crippen LogP contribution in [0.2, 0.25) is 0 Å². The number of aryl methyl sites for hydroxylation is 2. The normalized spacial score (nSPS) is 12.8. The van der Waals surface area contributed by atoms with E-state index in [2.05, 4.69) is 4.99 Å². The standard InChI is InChI=1S/C33H37NO9/c1-12(2)21-17-8-14(5)23(29(38)25(17)19(27(36)31(21)40)10-34-16(7)33(42)43)24-15(6)9-18-22(13(3)4)32(41)28(37)20(11-35)26(18)30(24)39/h8-10,12-13,16,35-41H,11H2,1-7H3,(H,42,43)/t16-/m0/s1. The number of benzene rings is 4. The van der Waals surface area contributed by atoms with Crippen LogP contribution in [-0.4, -0.2) is 59.1 Å². The number of aliphatic imine (C=N–C) groups is 1. The van der Waals surface area contributed by atoms with Crippen LogP contribution >= 0.6 is 0 Å². The highest BCUT2D eigenvalue weighted by molar-refractivity contribution is 6.13. The minimum Gasteiger partial charge on any atom is -0.507 e. The quantitative estimate of drug-likeness (QED) is 0.0921. The van der Waals surface area contributed by atoms with Gasteiger partial charge in [0.05, 0.1) is 6.61 Å². The van der Waals surface area contributed by atoms with E-state index in [9.17, 15) is 45.6 Å². The highest BCUT2D eigenvalue weighted by Gasteiger charge is 2.29. The molecule has 10 heteroatoms. The van der Waals surface area contributed by atoms with Gasteiger partial charge in [0.25, 0.3) is 0 Å². The van der Waals surface area contributed by atoms with E-state index < -0.39 is 35.9 Å². The van der Waals surface area contributed by atoms with Crippen molar-refractivity contribution in [3.05, 3.63) is 45.5 Å². The molecule has 0 saturated heterocycles. The Morgan fingerprint density at radius 2 is 1.16 bits per heavy atom. The topological polar surface area (TPSA) is 191 Å². The molecule has 0 radical (unpaired) electrons. The molecule has 0 aliphatic rings. The number of rotatable bonds is 7. The molecule has 4 rings (SSSR count). The lowest BCUT2D eigenvalue weighted by Crippen LogP contribution is -2.13. The average molecular weight is 592 g/mol. The number of aliphatic hydroxyl groups is 1. The largest absolute Gasteiger partial charge is 0.507 e. The van der Waals surface area contributed by atoms with E-state index in [0.717, 1.165) is 6.21 Å². The minimum absolute atomic E-state index is 0.0821. The van der Waals surface area contributed by atoms with Gasteiger partial charge in [0.1, 0.15) is 17.5 Å². The Kier molecular flexibility index (Phi) is 8.12. The number of carboxylic acids is 1. The van der Waals surface area contributed by atoms with Crippen LogP contribution in [-0.2, 0) is 11.4 Å². The van der Waals surface area contributed by atoms with Crippen molar-refractivity contribution in [2.24, 2.45) is 4.99 Å². The van der Waals surface area contributed by atoms with Crippen molar-refractivity contribution in [1.82, 2.24) is 0 Å². The molecule has 0 bridgehead atoms. The maximum atomic E-state index is 11.9. The number of aliphatic hydroxyl groups excluding tert-OH is 1. The van der Waals surface area contributed by atoms with Crippen molar-refractivity contribution in [3.8, 4) is 45.6 Å². The van der Waals surface area contributed by atoms with Crippen molar-refractivity contribution in [2.45, 2.75) is 73.0 Å². The zero-order chi connectivity index (χ0) is 32.2. The third kappa shape index (κ3) is 4.81. The zero-order valence-electron chi connectivity index (χ0n) is 25.1. The van der Waals surface area contributed by atoms with Gasteiger partial charge < -0.3 is 40.9 Å². The van der Waals surface area contributed by atoms with Crippen LogP contribution in [0.5, 0.6) is 34.5 Å². The van der Waals surface area contributed by atoms with Crippen LogP contribution in [0.3, 0.4) is 0 Å². The maximum Gasteiger partial charge on any atom is 0.328 e. The van der Waals surface area contributed by atoms with Crippen molar-refractivity contribution in [2.75, 3.05) is 0 Å². The Bertz CT molecular complexity index is 1840. The molecule has 0 fully saturated rings. The fourth-order valence-electron chi connectivity index (χ4n) is 5.95. The lowest BCUT2D eigenvalue weighted by molar-refractivity contribution is -0.137. The summed E-state index contributed by atoms with van der Waals surface area (Å²) in [4.78, 5) is 15.4. The van der Waals surface area contributed by atoms with Gasteiger partial charge in [-0.3, -0.25) is 4.99 Å². The summed E-state index contributed by atoms with van der Waals surface area (Å²) in [6, 6.07) is 2.21. The fourth-order valence-corrected chi connectivity index (χ4v) is 5.95. The van der Waals surface area contributed by atoms with Crippen LogP contribution < -0.4 is 0 Å². The van der Waals surface area contributed by atoms with E-state index in [1.165, 1.54) is 6.92 Å². The molecule has 0 unspecified atom stereocenters. The first-order valence-electron chi connectivity index (χ1n) is 13.9. The molecule has 10 nitrogen and oxygen atoms in total. The monoisotopic (exact) mass is 591 g/mol. The number of phenolic OH excluding ortho intramolecular Hbond substituents is 5. The molecule has 43 heavy (non-hydrogen) atoms. The van der Waals surface area contributed by atoms with Crippen LogP contribution in [0.25, 0.3) is 32.7 Å². The molecule has 8 N–H and O–H groups in total. The molecule has 0 aliphatic heterocycles. The van der Waals surface area contributed by atoms with Crippen LogP contribution in [0, 0.1) is 13.8 Å². The van der Waals surface area contributed by atoms with Crippen molar-refractivity contribution in [1.29, 1.82) is 0 Å². The number of carboxylic acid groups (broad SMARTS) is 1. The van der Waals surface area contributed by atoms with Crippen molar-refractivity contribution < 1.29 is 45.6 Å². The summed E-state index contributed by atoms with van der Waals surface area (Å²) in [7, 11) is 0. The number of phenols is 6. The Labute approximate surface area is 248 Å². The fraction of sp³-hybridized carbons (Fsp3) is 0.333. The van der Waals surface area contributed by atoms with Crippen LogP contribution in [0.1, 0.15) is 79.8 Å². The lowest BCUT2D eigenvalue weighted by atomic mass is 9.83. The SMILES string of the molecule is Cc1cc2c(C(C)C)c(O)c(O)c(C=N[C@@H](C)C(=O)O)c2c(O)c1-c1c(C)cc2c(C(C)C)c(O)c(O)c(CO)c2c1O. The summed E-state index contributed by atoms with van der Waals surface area (Å²) < 4.78 is 0. The molecule has 228 valence electrons. The molecule has 0 heterocycles. The second-order valence-corrected chi connectivity index (χ2v) is 11.6. The first-order valence-corrected chi connectivity index (χ1v) is 13.9. The molecule has 4 aromatic carbocycles. The van der Waals surface area contributed by atoms with E-state index in [-0.39, 0.29) is 62.1 Å². The summed E-state index contributed by atoms with van der Waals surface area (Å²) in [5.41, 5.74) is 1.88. The second-order valence-electron chi connectivity index (χ2n) is 11.6. The highest BCUT2D eigenvalue weighted by atomic mass is 16.4.